The molecule has 0 radical (unpaired) electrons. The fourth-order valence-corrected chi connectivity index (χ4v) is 2.29. The Hall–Kier alpha value is -1.38. The monoisotopic (exact) mass is 314 g/mol. The molecule has 0 spiro atoms. The summed E-state index contributed by atoms with van der Waals surface area (Å²) < 4.78 is 14.5. The molecule has 2 rings (SSSR count). The molecule has 96 valence electrons. The number of aryl methyl sites for hydroxylation is 1. The normalized spacial score (nSPS) is 12.7. The number of rotatable bonds is 4. The molecule has 0 bridgehead atoms. The van der Waals surface area contributed by atoms with E-state index >= 15 is 0 Å². The van der Waals surface area contributed by atoms with Crippen molar-refractivity contribution in [3.63, 3.8) is 0 Å². The summed E-state index contributed by atoms with van der Waals surface area (Å²) in [6.07, 6.45) is 0.351. The van der Waals surface area contributed by atoms with E-state index in [9.17, 15) is 4.39 Å². The van der Waals surface area contributed by atoms with E-state index in [2.05, 4.69) is 36.8 Å². The first-order valence-electron chi connectivity index (χ1n) is 5.24. The van der Waals surface area contributed by atoms with Crippen LogP contribution in [0.2, 0.25) is 0 Å². The van der Waals surface area contributed by atoms with Gasteiger partial charge < -0.3 is 0 Å². The highest BCUT2D eigenvalue weighted by atomic mass is 79.9. The second kappa shape index (κ2) is 5.51. The van der Waals surface area contributed by atoms with Gasteiger partial charge >= 0.3 is 0 Å². The van der Waals surface area contributed by atoms with Gasteiger partial charge in [-0.1, -0.05) is 22.0 Å². The maximum Gasteiger partial charge on any atom is 0.176 e. The van der Waals surface area contributed by atoms with Crippen molar-refractivity contribution in [2.45, 2.75) is 12.5 Å². The molecule has 0 fully saturated rings. The topological polar surface area (TPSA) is 81.7 Å². The lowest BCUT2D eigenvalue weighted by atomic mass is 10.0. The summed E-state index contributed by atoms with van der Waals surface area (Å²) in [7, 11) is 1.67. The molecule has 0 saturated carbocycles. The van der Waals surface area contributed by atoms with Crippen LogP contribution in [0, 0.1) is 5.82 Å². The summed E-state index contributed by atoms with van der Waals surface area (Å²) in [6.45, 7) is 0. The third-order valence-electron chi connectivity index (χ3n) is 2.49. The fraction of sp³-hybridized carbons (Fsp3) is 0.300. The standard InChI is InChI=1S/C10H12BrFN6/c1-18-16-9(15-17-18)5-8(14-13)10-6(11)3-2-4-7(10)12/h2-4,8,14H,5,13H2,1H3. The number of hydrogen-bond donors (Lipinski definition) is 2. The van der Waals surface area contributed by atoms with Crippen molar-refractivity contribution in [2.24, 2.45) is 12.9 Å². The highest BCUT2D eigenvalue weighted by Gasteiger charge is 2.20. The van der Waals surface area contributed by atoms with Gasteiger partial charge in [0, 0.05) is 16.5 Å². The van der Waals surface area contributed by atoms with E-state index in [1.807, 2.05) is 0 Å². The Morgan fingerprint density at radius 1 is 1.56 bits per heavy atom. The van der Waals surface area contributed by atoms with Gasteiger partial charge in [-0.25, -0.2) is 4.39 Å². The molecule has 0 saturated heterocycles. The average Bonchev–Trinajstić information content (AvgIpc) is 2.73. The second-order valence-electron chi connectivity index (χ2n) is 3.75. The van der Waals surface area contributed by atoms with Gasteiger partial charge in [-0.3, -0.25) is 11.3 Å². The SMILES string of the molecule is Cn1nnc(CC(NN)c2c(F)cccc2Br)n1. The van der Waals surface area contributed by atoms with Gasteiger partial charge in [0.15, 0.2) is 5.82 Å². The fourth-order valence-electron chi connectivity index (χ4n) is 1.68. The largest absolute Gasteiger partial charge is 0.271 e. The Morgan fingerprint density at radius 3 is 2.89 bits per heavy atom. The van der Waals surface area contributed by atoms with Crippen molar-refractivity contribution in [3.8, 4) is 0 Å². The van der Waals surface area contributed by atoms with Crippen LogP contribution in [0.5, 0.6) is 0 Å². The van der Waals surface area contributed by atoms with Crippen LogP contribution in [-0.4, -0.2) is 20.2 Å². The lowest BCUT2D eigenvalue weighted by Gasteiger charge is -2.16. The summed E-state index contributed by atoms with van der Waals surface area (Å²) in [4.78, 5) is 1.35. The molecule has 0 aliphatic rings. The average molecular weight is 315 g/mol. The Bertz CT molecular complexity index is 523. The predicted octanol–water partition coefficient (Wildman–Crippen LogP) is 0.859. The third kappa shape index (κ3) is 2.71. The Balaban J connectivity index is 2.28. The second-order valence-corrected chi connectivity index (χ2v) is 4.61. The summed E-state index contributed by atoms with van der Waals surface area (Å²) in [5, 5.41) is 11.6. The van der Waals surface area contributed by atoms with Gasteiger partial charge in [0.1, 0.15) is 5.82 Å². The highest BCUT2D eigenvalue weighted by Crippen LogP contribution is 2.27. The molecule has 8 heteroatoms. The molecule has 18 heavy (non-hydrogen) atoms. The van der Waals surface area contributed by atoms with E-state index in [1.54, 1.807) is 19.2 Å². The number of hydrazine groups is 1. The molecule has 0 aliphatic carbocycles. The Kier molecular flexibility index (Phi) is 4.00. The van der Waals surface area contributed by atoms with Gasteiger partial charge in [-0.2, -0.15) is 4.80 Å². The Morgan fingerprint density at radius 2 is 2.33 bits per heavy atom. The van der Waals surface area contributed by atoms with Crippen LogP contribution in [-0.2, 0) is 13.5 Å². The first kappa shape index (κ1) is 13.1. The number of halogens is 2. The smallest absolute Gasteiger partial charge is 0.176 e. The van der Waals surface area contributed by atoms with Gasteiger partial charge in [-0.15, -0.1) is 10.2 Å². The zero-order valence-electron chi connectivity index (χ0n) is 9.64. The maximum absolute atomic E-state index is 13.8. The quantitative estimate of drug-likeness (QED) is 0.646. The van der Waals surface area contributed by atoms with Crippen LogP contribution in [0.25, 0.3) is 0 Å². The van der Waals surface area contributed by atoms with Gasteiger partial charge in [-0.05, 0) is 17.3 Å². The van der Waals surface area contributed by atoms with Crippen molar-refractivity contribution in [1.29, 1.82) is 0 Å². The highest BCUT2D eigenvalue weighted by molar-refractivity contribution is 9.10. The minimum Gasteiger partial charge on any atom is -0.271 e. The van der Waals surface area contributed by atoms with Crippen LogP contribution in [0.1, 0.15) is 17.4 Å². The number of aromatic nitrogens is 4. The number of tetrazole rings is 1. The van der Waals surface area contributed by atoms with E-state index in [4.69, 9.17) is 5.84 Å². The molecule has 1 unspecified atom stereocenters. The molecule has 1 atom stereocenters. The van der Waals surface area contributed by atoms with Crippen molar-refractivity contribution in [2.75, 3.05) is 0 Å². The molecular formula is C10H12BrFN6. The van der Waals surface area contributed by atoms with E-state index < -0.39 is 6.04 Å². The number of benzene rings is 1. The molecule has 6 nitrogen and oxygen atoms in total. The van der Waals surface area contributed by atoms with Crippen LogP contribution in [0.15, 0.2) is 22.7 Å². The van der Waals surface area contributed by atoms with E-state index in [1.165, 1.54) is 10.9 Å². The van der Waals surface area contributed by atoms with Crippen LogP contribution in [0.4, 0.5) is 4.39 Å². The van der Waals surface area contributed by atoms with Gasteiger partial charge in [0.2, 0.25) is 0 Å². The van der Waals surface area contributed by atoms with Crippen molar-refractivity contribution in [1.82, 2.24) is 25.6 Å². The van der Waals surface area contributed by atoms with Crippen molar-refractivity contribution >= 4 is 15.9 Å². The zero-order valence-corrected chi connectivity index (χ0v) is 11.2. The van der Waals surface area contributed by atoms with Crippen LogP contribution < -0.4 is 11.3 Å². The van der Waals surface area contributed by atoms with Gasteiger partial charge in [0.05, 0.1) is 13.1 Å². The van der Waals surface area contributed by atoms with Crippen LogP contribution >= 0.6 is 15.9 Å². The molecular weight excluding hydrogens is 303 g/mol. The summed E-state index contributed by atoms with van der Waals surface area (Å²) in [5.41, 5.74) is 3.02. The molecule has 0 amide bonds. The number of hydrogen-bond acceptors (Lipinski definition) is 5. The first-order valence-corrected chi connectivity index (χ1v) is 6.04. The summed E-state index contributed by atoms with van der Waals surface area (Å²) in [6, 6.07) is 4.34. The maximum atomic E-state index is 13.8. The minimum atomic E-state index is -0.426. The number of nitrogens with one attached hydrogen (secondary N) is 1. The number of nitrogens with two attached hydrogens (primary N) is 1. The van der Waals surface area contributed by atoms with E-state index in [0.717, 1.165) is 0 Å². The van der Waals surface area contributed by atoms with E-state index in [0.29, 0.717) is 22.3 Å². The minimum absolute atomic E-state index is 0.337. The first-order chi connectivity index (χ1) is 8.61. The van der Waals surface area contributed by atoms with Crippen LogP contribution in [0.3, 0.4) is 0 Å². The molecule has 0 aliphatic heterocycles. The third-order valence-corrected chi connectivity index (χ3v) is 3.18. The number of nitrogens with zero attached hydrogens (tertiary/aromatic N) is 4. The van der Waals surface area contributed by atoms with Gasteiger partial charge in [0.25, 0.3) is 0 Å². The summed E-state index contributed by atoms with van der Waals surface area (Å²) in [5.74, 6) is 5.64. The van der Waals surface area contributed by atoms with Crippen molar-refractivity contribution in [3.05, 3.63) is 39.9 Å². The lowest BCUT2D eigenvalue weighted by Crippen LogP contribution is -2.31. The lowest BCUT2D eigenvalue weighted by molar-refractivity contribution is 0.498. The van der Waals surface area contributed by atoms with E-state index in [-0.39, 0.29) is 5.82 Å². The Labute approximate surface area is 111 Å². The molecule has 1 aromatic heterocycles. The molecule has 3 N–H and O–H groups in total. The van der Waals surface area contributed by atoms with Crippen molar-refractivity contribution < 1.29 is 4.39 Å². The summed E-state index contributed by atoms with van der Waals surface area (Å²) >= 11 is 3.31. The zero-order chi connectivity index (χ0) is 13.1. The molecule has 1 aromatic carbocycles. The molecule has 1 heterocycles. The predicted molar refractivity (Wildman–Crippen MR) is 66.7 cm³/mol. The molecule has 2 aromatic rings.